The number of aromatic nitrogens is 2. The van der Waals surface area contributed by atoms with Crippen LogP contribution in [0.4, 0.5) is 5.13 Å². The zero-order valence-corrected chi connectivity index (χ0v) is 11.3. The lowest BCUT2D eigenvalue weighted by atomic mass is 10.7. The van der Waals surface area contributed by atoms with Crippen LogP contribution in [0.1, 0.15) is 0 Å². The first kappa shape index (κ1) is 12.1. The van der Waals surface area contributed by atoms with Crippen LogP contribution in [0.2, 0.25) is 8.67 Å². The van der Waals surface area contributed by atoms with Gasteiger partial charge in [0.15, 0.2) is 0 Å². The van der Waals surface area contributed by atoms with Crippen molar-refractivity contribution in [3.63, 3.8) is 0 Å². The van der Waals surface area contributed by atoms with Crippen LogP contribution in [0.5, 0.6) is 0 Å². The summed E-state index contributed by atoms with van der Waals surface area (Å²) in [6, 6.07) is 1.29. The number of rotatable bonds is 3. The van der Waals surface area contributed by atoms with E-state index >= 15 is 0 Å². The van der Waals surface area contributed by atoms with Crippen LogP contribution >= 0.6 is 45.9 Å². The first-order valence-corrected chi connectivity index (χ1v) is 7.66. The molecule has 2 aromatic rings. The summed E-state index contributed by atoms with van der Waals surface area (Å²) in [5, 5.41) is 7.26. The van der Waals surface area contributed by atoms with Gasteiger partial charge < -0.3 is 0 Å². The quantitative estimate of drug-likeness (QED) is 0.945. The van der Waals surface area contributed by atoms with Crippen LogP contribution in [-0.2, 0) is 10.0 Å². The molecule has 5 nitrogen and oxygen atoms in total. The zero-order valence-electron chi connectivity index (χ0n) is 7.35. The average Bonchev–Trinajstić information content (AvgIpc) is 2.75. The van der Waals surface area contributed by atoms with Crippen molar-refractivity contribution in [2.45, 2.75) is 4.90 Å². The minimum absolute atomic E-state index is 0.0561. The Morgan fingerprint density at radius 3 is 2.62 bits per heavy atom. The number of nitrogens with zero attached hydrogens (tertiary/aromatic N) is 2. The fourth-order valence-electron chi connectivity index (χ4n) is 0.896. The molecule has 0 fully saturated rings. The van der Waals surface area contributed by atoms with E-state index in [4.69, 9.17) is 23.2 Å². The van der Waals surface area contributed by atoms with Crippen molar-refractivity contribution in [2.75, 3.05) is 4.72 Å². The number of hydrogen-bond acceptors (Lipinski definition) is 6. The van der Waals surface area contributed by atoms with Crippen LogP contribution in [0.25, 0.3) is 0 Å². The molecule has 1 N–H and O–H groups in total. The predicted octanol–water partition coefficient (Wildman–Crippen LogP) is 2.71. The van der Waals surface area contributed by atoms with Crippen LogP contribution in [0, 0.1) is 0 Å². The molecule has 0 atom stereocenters. The van der Waals surface area contributed by atoms with E-state index in [-0.39, 0.29) is 14.4 Å². The maximum atomic E-state index is 11.8. The fourth-order valence-corrected chi connectivity index (χ4v) is 4.74. The molecule has 16 heavy (non-hydrogen) atoms. The molecule has 0 unspecified atom stereocenters. The first-order valence-electron chi connectivity index (χ1n) is 3.73. The number of hydrogen-bond donors (Lipinski definition) is 1. The highest BCUT2D eigenvalue weighted by atomic mass is 35.5. The first-order chi connectivity index (χ1) is 7.49. The highest BCUT2D eigenvalue weighted by Gasteiger charge is 2.21. The van der Waals surface area contributed by atoms with Crippen molar-refractivity contribution < 1.29 is 8.42 Å². The standard InChI is InChI=1S/C6H3Cl2N3O2S3/c7-4-1-3(5(8)15-4)16(12,13)11-6-10-9-2-14-6/h1-2H,(H,10,11). The van der Waals surface area contributed by atoms with E-state index in [1.807, 2.05) is 0 Å². The summed E-state index contributed by atoms with van der Waals surface area (Å²) in [5.74, 6) is 0. The minimum Gasteiger partial charge on any atom is -0.253 e. The Labute approximate surface area is 109 Å². The van der Waals surface area contributed by atoms with Gasteiger partial charge in [0, 0.05) is 0 Å². The lowest BCUT2D eigenvalue weighted by Gasteiger charge is -2.01. The van der Waals surface area contributed by atoms with Crippen LogP contribution in [-0.4, -0.2) is 18.6 Å². The molecule has 0 saturated heterocycles. The summed E-state index contributed by atoms with van der Waals surface area (Å²) in [7, 11) is -3.74. The Kier molecular flexibility index (Phi) is 3.36. The third-order valence-corrected chi connectivity index (χ3v) is 5.32. The molecule has 0 aliphatic heterocycles. The van der Waals surface area contributed by atoms with Crippen molar-refractivity contribution in [2.24, 2.45) is 0 Å². The summed E-state index contributed by atoms with van der Waals surface area (Å²) in [6.07, 6.45) is 0. The molecular formula is C6H3Cl2N3O2S3. The van der Waals surface area contributed by atoms with Gasteiger partial charge in [0.25, 0.3) is 10.0 Å². The molecule has 0 amide bonds. The SMILES string of the molecule is O=S(=O)(Nc1nncs1)c1cc(Cl)sc1Cl. The molecule has 2 aromatic heterocycles. The smallest absolute Gasteiger partial charge is 0.253 e. The van der Waals surface area contributed by atoms with Gasteiger partial charge in [-0.15, -0.1) is 21.5 Å². The topological polar surface area (TPSA) is 72.0 Å². The number of sulfonamides is 1. The number of nitrogens with one attached hydrogen (secondary N) is 1. The molecule has 86 valence electrons. The van der Waals surface area contributed by atoms with Crippen molar-refractivity contribution in [1.82, 2.24) is 10.2 Å². The largest absolute Gasteiger partial charge is 0.266 e. The van der Waals surface area contributed by atoms with Crippen molar-refractivity contribution in [1.29, 1.82) is 0 Å². The summed E-state index contributed by atoms with van der Waals surface area (Å²) in [6.45, 7) is 0. The fraction of sp³-hybridized carbons (Fsp3) is 0. The van der Waals surface area contributed by atoms with Gasteiger partial charge in [0.1, 0.15) is 14.7 Å². The van der Waals surface area contributed by atoms with Gasteiger partial charge in [0.2, 0.25) is 5.13 Å². The molecule has 0 aliphatic carbocycles. The second-order valence-corrected chi connectivity index (χ2v) is 7.31. The summed E-state index contributed by atoms with van der Waals surface area (Å²) < 4.78 is 26.3. The van der Waals surface area contributed by atoms with Crippen molar-refractivity contribution in [3.05, 3.63) is 20.2 Å². The van der Waals surface area contributed by atoms with E-state index in [0.29, 0.717) is 4.34 Å². The van der Waals surface area contributed by atoms with Crippen LogP contribution in [0.3, 0.4) is 0 Å². The Morgan fingerprint density at radius 1 is 1.38 bits per heavy atom. The zero-order chi connectivity index (χ0) is 11.8. The van der Waals surface area contributed by atoms with Crippen LogP contribution in [0.15, 0.2) is 16.5 Å². The average molecular weight is 316 g/mol. The van der Waals surface area contributed by atoms with E-state index in [1.165, 1.54) is 11.6 Å². The summed E-state index contributed by atoms with van der Waals surface area (Å²) >= 11 is 13.5. The van der Waals surface area contributed by atoms with E-state index in [2.05, 4.69) is 14.9 Å². The molecular weight excluding hydrogens is 313 g/mol. The molecule has 10 heteroatoms. The Hall–Kier alpha value is -0.410. The Balaban J connectivity index is 2.36. The molecule has 0 spiro atoms. The number of anilines is 1. The third-order valence-electron chi connectivity index (χ3n) is 1.50. The van der Waals surface area contributed by atoms with Crippen LogP contribution < -0.4 is 4.72 Å². The molecule has 0 saturated carbocycles. The molecule has 0 aromatic carbocycles. The van der Waals surface area contributed by atoms with Crippen molar-refractivity contribution >= 4 is 61.0 Å². The lowest BCUT2D eigenvalue weighted by Crippen LogP contribution is -2.12. The van der Waals surface area contributed by atoms with Gasteiger partial charge >= 0.3 is 0 Å². The van der Waals surface area contributed by atoms with Gasteiger partial charge in [-0.3, -0.25) is 4.72 Å². The van der Waals surface area contributed by atoms with Gasteiger partial charge in [0.05, 0.1) is 4.34 Å². The highest BCUT2D eigenvalue weighted by Crippen LogP contribution is 2.35. The second-order valence-electron chi connectivity index (χ2n) is 2.54. The predicted molar refractivity (Wildman–Crippen MR) is 65.1 cm³/mol. The van der Waals surface area contributed by atoms with E-state index in [9.17, 15) is 8.42 Å². The maximum Gasteiger partial charge on any atom is 0.266 e. The van der Waals surface area contributed by atoms with Gasteiger partial charge in [-0.05, 0) is 6.07 Å². The normalized spacial score (nSPS) is 11.6. The summed E-state index contributed by atoms with van der Waals surface area (Å²) in [4.78, 5) is -0.0561. The minimum atomic E-state index is -3.74. The lowest BCUT2D eigenvalue weighted by molar-refractivity contribution is 0.601. The third kappa shape index (κ3) is 2.46. The molecule has 0 radical (unpaired) electrons. The number of thiophene rings is 1. The Morgan fingerprint density at radius 2 is 2.12 bits per heavy atom. The second kappa shape index (κ2) is 4.46. The van der Waals surface area contributed by atoms with E-state index in [1.54, 1.807) is 0 Å². The van der Waals surface area contributed by atoms with E-state index < -0.39 is 10.0 Å². The Bertz CT molecular complexity index is 593. The monoisotopic (exact) mass is 315 g/mol. The molecule has 2 heterocycles. The van der Waals surface area contributed by atoms with Gasteiger partial charge in [-0.25, -0.2) is 8.42 Å². The highest BCUT2D eigenvalue weighted by molar-refractivity contribution is 7.93. The van der Waals surface area contributed by atoms with Gasteiger partial charge in [-0.1, -0.05) is 34.5 Å². The number of halogens is 2. The molecule has 0 bridgehead atoms. The van der Waals surface area contributed by atoms with Gasteiger partial charge in [-0.2, -0.15) is 0 Å². The molecule has 0 aliphatic rings. The molecule has 2 rings (SSSR count). The summed E-state index contributed by atoms with van der Waals surface area (Å²) in [5.41, 5.74) is 1.42. The van der Waals surface area contributed by atoms with Crippen molar-refractivity contribution in [3.8, 4) is 0 Å². The maximum absolute atomic E-state index is 11.8. The van der Waals surface area contributed by atoms with E-state index in [0.717, 1.165) is 22.7 Å².